The lowest BCUT2D eigenvalue weighted by atomic mass is 10.1. The molecule has 0 saturated heterocycles. The molecular formula is C13H10FN3. The van der Waals surface area contributed by atoms with Crippen molar-refractivity contribution in [3.63, 3.8) is 0 Å². The number of halogens is 1. The minimum Gasteiger partial charge on any atom is -0.346 e. The van der Waals surface area contributed by atoms with Crippen molar-refractivity contribution in [3.8, 4) is 11.3 Å². The van der Waals surface area contributed by atoms with Crippen molar-refractivity contribution in [1.82, 2.24) is 15.0 Å². The standard InChI is InChI=1S/C13H10FN3/c1-8-2-3-11(14)10(6-8)12-9-4-5-15-13(9)17-7-16-12/h2-7H,1H3,(H,15,16,17). The molecule has 0 unspecified atom stereocenters. The summed E-state index contributed by atoms with van der Waals surface area (Å²) in [7, 11) is 0. The maximum Gasteiger partial charge on any atom is 0.141 e. The highest BCUT2D eigenvalue weighted by Gasteiger charge is 2.11. The predicted octanol–water partition coefficient (Wildman–Crippen LogP) is 3.07. The quantitative estimate of drug-likeness (QED) is 0.694. The molecule has 0 atom stereocenters. The van der Waals surface area contributed by atoms with Crippen LogP contribution in [0.25, 0.3) is 22.3 Å². The molecule has 1 aromatic carbocycles. The van der Waals surface area contributed by atoms with Crippen molar-refractivity contribution >= 4 is 11.0 Å². The third-order valence-corrected chi connectivity index (χ3v) is 2.73. The Bertz CT molecular complexity index is 688. The number of aryl methyl sites for hydroxylation is 1. The van der Waals surface area contributed by atoms with Gasteiger partial charge in [-0.3, -0.25) is 0 Å². The van der Waals surface area contributed by atoms with Gasteiger partial charge in [0.15, 0.2) is 0 Å². The lowest BCUT2D eigenvalue weighted by Crippen LogP contribution is -1.91. The van der Waals surface area contributed by atoms with Crippen molar-refractivity contribution in [2.45, 2.75) is 6.92 Å². The number of hydrogen-bond donors (Lipinski definition) is 1. The number of benzene rings is 1. The van der Waals surface area contributed by atoms with Gasteiger partial charge in [-0.15, -0.1) is 0 Å². The molecule has 0 aliphatic carbocycles. The zero-order valence-corrected chi connectivity index (χ0v) is 9.24. The molecule has 3 rings (SSSR count). The average molecular weight is 227 g/mol. The van der Waals surface area contributed by atoms with Gasteiger partial charge in [0, 0.05) is 17.1 Å². The van der Waals surface area contributed by atoms with Gasteiger partial charge < -0.3 is 4.98 Å². The van der Waals surface area contributed by atoms with E-state index in [9.17, 15) is 4.39 Å². The average Bonchev–Trinajstić information content (AvgIpc) is 2.80. The molecule has 0 fully saturated rings. The summed E-state index contributed by atoms with van der Waals surface area (Å²) in [5.74, 6) is -0.267. The topological polar surface area (TPSA) is 41.6 Å². The molecule has 0 aliphatic rings. The Kier molecular flexibility index (Phi) is 2.14. The number of nitrogens with zero attached hydrogens (tertiary/aromatic N) is 2. The molecule has 0 bridgehead atoms. The van der Waals surface area contributed by atoms with E-state index in [0.29, 0.717) is 11.3 Å². The van der Waals surface area contributed by atoms with E-state index in [1.54, 1.807) is 18.3 Å². The highest BCUT2D eigenvalue weighted by molar-refractivity contribution is 5.90. The van der Waals surface area contributed by atoms with E-state index >= 15 is 0 Å². The first-order valence-corrected chi connectivity index (χ1v) is 5.30. The summed E-state index contributed by atoms with van der Waals surface area (Å²) < 4.78 is 13.8. The molecule has 84 valence electrons. The van der Waals surface area contributed by atoms with Crippen molar-refractivity contribution in [2.24, 2.45) is 0 Å². The number of hydrogen-bond acceptors (Lipinski definition) is 2. The molecule has 3 nitrogen and oxygen atoms in total. The van der Waals surface area contributed by atoms with E-state index in [0.717, 1.165) is 16.6 Å². The van der Waals surface area contributed by atoms with E-state index in [4.69, 9.17) is 0 Å². The lowest BCUT2D eigenvalue weighted by molar-refractivity contribution is 0.630. The first-order valence-electron chi connectivity index (χ1n) is 5.30. The van der Waals surface area contributed by atoms with Gasteiger partial charge in [0.2, 0.25) is 0 Å². The third kappa shape index (κ3) is 1.58. The van der Waals surface area contributed by atoms with Crippen LogP contribution in [0.2, 0.25) is 0 Å². The highest BCUT2D eigenvalue weighted by atomic mass is 19.1. The fourth-order valence-corrected chi connectivity index (χ4v) is 1.91. The van der Waals surface area contributed by atoms with Crippen LogP contribution in [0.15, 0.2) is 36.8 Å². The minimum absolute atomic E-state index is 0.267. The van der Waals surface area contributed by atoms with E-state index < -0.39 is 0 Å². The van der Waals surface area contributed by atoms with Gasteiger partial charge >= 0.3 is 0 Å². The SMILES string of the molecule is Cc1ccc(F)c(-c2ncnc3[nH]ccc23)c1. The minimum atomic E-state index is -0.267. The molecule has 0 aliphatic heterocycles. The van der Waals surface area contributed by atoms with Gasteiger partial charge in [0.25, 0.3) is 0 Å². The van der Waals surface area contributed by atoms with Crippen molar-refractivity contribution in [1.29, 1.82) is 0 Å². The second-order valence-electron chi connectivity index (χ2n) is 3.95. The van der Waals surface area contributed by atoms with Crippen molar-refractivity contribution in [3.05, 3.63) is 48.2 Å². The Morgan fingerprint density at radius 2 is 2.06 bits per heavy atom. The first kappa shape index (κ1) is 9.96. The smallest absolute Gasteiger partial charge is 0.141 e. The van der Waals surface area contributed by atoms with Crippen LogP contribution in [0, 0.1) is 12.7 Å². The normalized spacial score (nSPS) is 10.9. The zero-order chi connectivity index (χ0) is 11.8. The molecule has 0 spiro atoms. The molecular weight excluding hydrogens is 217 g/mol. The number of rotatable bonds is 1. The number of aromatic amines is 1. The van der Waals surface area contributed by atoms with Crippen LogP contribution < -0.4 is 0 Å². The summed E-state index contributed by atoms with van der Waals surface area (Å²) >= 11 is 0. The summed E-state index contributed by atoms with van der Waals surface area (Å²) in [4.78, 5) is 11.3. The van der Waals surface area contributed by atoms with Gasteiger partial charge in [-0.1, -0.05) is 11.6 Å². The second-order valence-corrected chi connectivity index (χ2v) is 3.95. The maximum absolute atomic E-state index is 13.8. The second kappa shape index (κ2) is 3.66. The molecule has 0 saturated carbocycles. The number of nitrogens with one attached hydrogen (secondary N) is 1. The predicted molar refractivity (Wildman–Crippen MR) is 64.0 cm³/mol. The summed E-state index contributed by atoms with van der Waals surface area (Å²) in [5.41, 5.74) is 2.86. The Morgan fingerprint density at radius 1 is 1.18 bits per heavy atom. The monoisotopic (exact) mass is 227 g/mol. The molecule has 1 N–H and O–H groups in total. The van der Waals surface area contributed by atoms with Crippen LogP contribution in [0.1, 0.15) is 5.56 Å². The van der Waals surface area contributed by atoms with Crippen LogP contribution in [-0.2, 0) is 0 Å². The Hall–Kier alpha value is -2.23. The molecule has 0 radical (unpaired) electrons. The van der Waals surface area contributed by atoms with E-state index in [2.05, 4.69) is 15.0 Å². The van der Waals surface area contributed by atoms with Crippen molar-refractivity contribution in [2.75, 3.05) is 0 Å². The third-order valence-electron chi connectivity index (χ3n) is 2.73. The fraction of sp³-hybridized carbons (Fsp3) is 0.0769. The Morgan fingerprint density at radius 3 is 2.94 bits per heavy atom. The Balaban J connectivity index is 2.34. The summed E-state index contributed by atoms with van der Waals surface area (Å²) in [5, 5.41) is 0.831. The first-order chi connectivity index (χ1) is 8.25. The van der Waals surface area contributed by atoms with Crippen LogP contribution in [0.5, 0.6) is 0 Å². The number of fused-ring (bicyclic) bond motifs is 1. The zero-order valence-electron chi connectivity index (χ0n) is 9.24. The summed E-state index contributed by atoms with van der Waals surface area (Å²) in [6.45, 7) is 1.93. The number of H-pyrrole nitrogens is 1. The largest absolute Gasteiger partial charge is 0.346 e. The fourth-order valence-electron chi connectivity index (χ4n) is 1.91. The van der Waals surface area contributed by atoms with Crippen LogP contribution in [0.3, 0.4) is 0 Å². The molecule has 0 amide bonds. The van der Waals surface area contributed by atoms with Crippen LogP contribution >= 0.6 is 0 Å². The highest BCUT2D eigenvalue weighted by Crippen LogP contribution is 2.27. The maximum atomic E-state index is 13.8. The van der Waals surface area contributed by atoms with Gasteiger partial charge in [0.1, 0.15) is 17.8 Å². The molecule has 17 heavy (non-hydrogen) atoms. The van der Waals surface area contributed by atoms with E-state index in [1.807, 2.05) is 13.0 Å². The van der Waals surface area contributed by atoms with E-state index in [-0.39, 0.29) is 5.82 Å². The van der Waals surface area contributed by atoms with Gasteiger partial charge in [-0.05, 0) is 25.1 Å². The summed E-state index contributed by atoms with van der Waals surface area (Å²) in [6.07, 6.45) is 3.21. The molecule has 4 heteroatoms. The molecule has 2 heterocycles. The van der Waals surface area contributed by atoms with Crippen LogP contribution in [0.4, 0.5) is 4.39 Å². The Labute approximate surface area is 97.3 Å². The number of aromatic nitrogens is 3. The van der Waals surface area contributed by atoms with E-state index in [1.165, 1.54) is 12.4 Å². The summed E-state index contributed by atoms with van der Waals surface area (Å²) in [6, 6.07) is 6.86. The van der Waals surface area contributed by atoms with Crippen molar-refractivity contribution < 1.29 is 4.39 Å². The van der Waals surface area contributed by atoms with Gasteiger partial charge in [-0.25, -0.2) is 14.4 Å². The van der Waals surface area contributed by atoms with Gasteiger partial charge in [-0.2, -0.15) is 0 Å². The lowest BCUT2D eigenvalue weighted by Gasteiger charge is -2.04. The van der Waals surface area contributed by atoms with Gasteiger partial charge in [0.05, 0.1) is 5.69 Å². The van der Waals surface area contributed by atoms with Crippen LogP contribution in [-0.4, -0.2) is 15.0 Å². The molecule has 3 aromatic rings. The molecule has 2 aromatic heterocycles.